The van der Waals surface area contributed by atoms with E-state index in [-0.39, 0.29) is 5.82 Å². The van der Waals surface area contributed by atoms with Crippen LogP contribution in [0.4, 0.5) is 4.39 Å². The summed E-state index contributed by atoms with van der Waals surface area (Å²) < 4.78 is 24.8. The van der Waals surface area contributed by atoms with Gasteiger partial charge in [-0.3, -0.25) is 4.90 Å². The molecule has 25 heavy (non-hydrogen) atoms. The van der Waals surface area contributed by atoms with Crippen LogP contribution in [0.3, 0.4) is 0 Å². The average Bonchev–Trinajstić information content (AvgIpc) is 3.08. The maximum absolute atomic E-state index is 14.4. The SMILES string of the molecule is COc1cc(F)c(CN2CCC[C@@](O)(CN3CCCC3)C2)cc1OC. The first-order valence-electron chi connectivity index (χ1n) is 9.10. The van der Waals surface area contributed by atoms with Crippen LogP contribution in [0.2, 0.25) is 0 Å². The van der Waals surface area contributed by atoms with Crippen molar-refractivity contribution in [1.29, 1.82) is 0 Å². The van der Waals surface area contributed by atoms with Crippen molar-refractivity contribution in [1.82, 2.24) is 9.80 Å². The number of ether oxygens (including phenoxy) is 2. The molecule has 0 aliphatic carbocycles. The summed E-state index contributed by atoms with van der Waals surface area (Å²) in [6, 6.07) is 3.07. The molecule has 2 fully saturated rings. The van der Waals surface area contributed by atoms with Crippen molar-refractivity contribution < 1.29 is 19.0 Å². The molecule has 1 atom stereocenters. The summed E-state index contributed by atoms with van der Waals surface area (Å²) in [7, 11) is 3.05. The Bertz CT molecular complexity index is 592. The quantitative estimate of drug-likeness (QED) is 0.851. The zero-order valence-electron chi connectivity index (χ0n) is 15.3. The van der Waals surface area contributed by atoms with E-state index in [0.717, 1.165) is 39.0 Å². The lowest BCUT2D eigenvalue weighted by atomic mass is 9.92. The lowest BCUT2D eigenvalue weighted by Crippen LogP contribution is -2.53. The monoisotopic (exact) mass is 352 g/mol. The highest BCUT2D eigenvalue weighted by atomic mass is 19.1. The maximum Gasteiger partial charge on any atom is 0.163 e. The van der Waals surface area contributed by atoms with Gasteiger partial charge in [-0.15, -0.1) is 0 Å². The van der Waals surface area contributed by atoms with Crippen LogP contribution in [0.1, 0.15) is 31.2 Å². The van der Waals surface area contributed by atoms with Crippen molar-refractivity contribution in [2.45, 2.75) is 37.8 Å². The summed E-state index contributed by atoms with van der Waals surface area (Å²) in [4.78, 5) is 4.49. The van der Waals surface area contributed by atoms with E-state index in [2.05, 4.69) is 9.80 Å². The highest BCUT2D eigenvalue weighted by Crippen LogP contribution is 2.31. The highest BCUT2D eigenvalue weighted by molar-refractivity contribution is 5.43. The molecule has 2 aliphatic rings. The van der Waals surface area contributed by atoms with Gasteiger partial charge in [-0.25, -0.2) is 4.39 Å². The van der Waals surface area contributed by atoms with Gasteiger partial charge in [0.1, 0.15) is 5.82 Å². The van der Waals surface area contributed by atoms with Gasteiger partial charge in [0.15, 0.2) is 11.5 Å². The lowest BCUT2D eigenvalue weighted by Gasteiger charge is -2.41. The number of hydrogen-bond acceptors (Lipinski definition) is 5. The Morgan fingerprint density at radius 1 is 1.04 bits per heavy atom. The standard InChI is InChI=1S/C19H29FN2O3/c1-24-17-10-15(16(20)11-18(17)25-2)12-22-9-5-6-19(23,14-22)13-21-7-3-4-8-21/h10-11,23H,3-9,12-14H2,1-2H3/t19-/m1/s1. The van der Waals surface area contributed by atoms with E-state index < -0.39 is 5.60 Å². The smallest absolute Gasteiger partial charge is 0.163 e. The largest absolute Gasteiger partial charge is 0.493 e. The van der Waals surface area contributed by atoms with Gasteiger partial charge in [-0.2, -0.15) is 0 Å². The number of rotatable bonds is 6. The minimum Gasteiger partial charge on any atom is -0.493 e. The number of hydrogen-bond donors (Lipinski definition) is 1. The third-order valence-corrected chi connectivity index (χ3v) is 5.30. The number of nitrogens with zero attached hydrogens (tertiary/aromatic N) is 2. The second-order valence-corrected chi connectivity index (χ2v) is 7.32. The van der Waals surface area contributed by atoms with E-state index >= 15 is 0 Å². The first-order chi connectivity index (χ1) is 12.0. The van der Waals surface area contributed by atoms with Gasteiger partial charge in [-0.1, -0.05) is 0 Å². The molecule has 2 aliphatic heterocycles. The maximum atomic E-state index is 14.4. The van der Waals surface area contributed by atoms with Gasteiger partial charge in [0, 0.05) is 31.3 Å². The van der Waals surface area contributed by atoms with Gasteiger partial charge < -0.3 is 19.5 Å². The van der Waals surface area contributed by atoms with Crippen LogP contribution >= 0.6 is 0 Å². The molecule has 0 bridgehead atoms. The summed E-state index contributed by atoms with van der Waals surface area (Å²) in [5, 5.41) is 11.0. The van der Waals surface area contributed by atoms with Crippen LogP contribution in [-0.4, -0.2) is 67.5 Å². The van der Waals surface area contributed by atoms with E-state index in [1.165, 1.54) is 26.0 Å². The highest BCUT2D eigenvalue weighted by Gasteiger charge is 2.35. The van der Waals surface area contributed by atoms with Crippen molar-refractivity contribution in [3.05, 3.63) is 23.5 Å². The molecule has 1 aromatic rings. The topological polar surface area (TPSA) is 45.2 Å². The molecule has 1 N–H and O–H groups in total. The minimum atomic E-state index is -0.699. The van der Waals surface area contributed by atoms with Crippen LogP contribution < -0.4 is 9.47 Å². The second-order valence-electron chi connectivity index (χ2n) is 7.32. The van der Waals surface area contributed by atoms with E-state index in [1.807, 2.05) is 0 Å². The normalized spacial score (nSPS) is 25.3. The molecule has 0 unspecified atom stereocenters. The Hall–Kier alpha value is -1.37. The first-order valence-corrected chi connectivity index (χ1v) is 9.10. The summed E-state index contributed by atoms with van der Waals surface area (Å²) in [5.41, 5.74) is -0.126. The van der Waals surface area contributed by atoms with Crippen LogP contribution in [0, 0.1) is 5.82 Å². The number of β-amino-alcohol motifs (C(OH)–C–C–N with tert-alkyl or cyclic N) is 1. The van der Waals surface area contributed by atoms with Crippen molar-refractivity contribution >= 4 is 0 Å². The molecular formula is C19H29FN2O3. The number of benzene rings is 1. The first kappa shape index (κ1) is 18.4. The van der Waals surface area contributed by atoms with E-state index in [1.54, 1.807) is 13.2 Å². The zero-order chi connectivity index (χ0) is 17.9. The number of halogens is 1. The number of piperidine rings is 1. The number of methoxy groups -OCH3 is 2. The van der Waals surface area contributed by atoms with Gasteiger partial charge in [0.05, 0.1) is 19.8 Å². The van der Waals surface area contributed by atoms with Gasteiger partial charge >= 0.3 is 0 Å². The predicted octanol–water partition coefficient (Wildman–Crippen LogP) is 2.27. The summed E-state index contributed by atoms with van der Waals surface area (Å²) >= 11 is 0. The molecule has 0 saturated carbocycles. The van der Waals surface area contributed by atoms with E-state index in [4.69, 9.17) is 9.47 Å². The van der Waals surface area contributed by atoms with Crippen LogP contribution in [0.5, 0.6) is 11.5 Å². The summed E-state index contributed by atoms with van der Waals surface area (Å²) in [6.07, 6.45) is 4.18. The summed E-state index contributed by atoms with van der Waals surface area (Å²) in [6.45, 7) is 4.79. The summed E-state index contributed by atoms with van der Waals surface area (Å²) in [5.74, 6) is 0.627. The Balaban J connectivity index is 1.68. The Morgan fingerprint density at radius 3 is 2.36 bits per heavy atom. The fourth-order valence-corrected chi connectivity index (χ4v) is 4.09. The van der Waals surface area contributed by atoms with E-state index in [0.29, 0.717) is 30.2 Å². The number of aliphatic hydroxyl groups is 1. The van der Waals surface area contributed by atoms with Crippen molar-refractivity contribution in [3.8, 4) is 11.5 Å². The molecule has 0 radical (unpaired) electrons. The third-order valence-electron chi connectivity index (χ3n) is 5.30. The van der Waals surface area contributed by atoms with Crippen molar-refractivity contribution in [3.63, 3.8) is 0 Å². The van der Waals surface area contributed by atoms with Gasteiger partial charge in [0.25, 0.3) is 0 Å². The van der Waals surface area contributed by atoms with Gasteiger partial charge in [-0.05, 0) is 51.4 Å². The molecule has 0 amide bonds. The number of likely N-dealkylation sites (tertiary alicyclic amines) is 2. The molecule has 1 aromatic carbocycles. The third kappa shape index (κ3) is 4.43. The fourth-order valence-electron chi connectivity index (χ4n) is 4.09. The lowest BCUT2D eigenvalue weighted by molar-refractivity contribution is -0.0521. The van der Waals surface area contributed by atoms with Crippen molar-refractivity contribution in [2.24, 2.45) is 0 Å². The molecule has 2 saturated heterocycles. The molecular weight excluding hydrogens is 323 g/mol. The van der Waals surface area contributed by atoms with E-state index in [9.17, 15) is 9.50 Å². The van der Waals surface area contributed by atoms with Crippen LogP contribution in [-0.2, 0) is 6.54 Å². The predicted molar refractivity (Wildman–Crippen MR) is 94.6 cm³/mol. The Morgan fingerprint density at radius 2 is 1.68 bits per heavy atom. The molecule has 0 aromatic heterocycles. The fraction of sp³-hybridized carbons (Fsp3) is 0.684. The molecule has 3 rings (SSSR count). The Labute approximate surface area is 149 Å². The van der Waals surface area contributed by atoms with Gasteiger partial charge in [0.2, 0.25) is 0 Å². The van der Waals surface area contributed by atoms with Crippen LogP contribution in [0.15, 0.2) is 12.1 Å². The zero-order valence-corrected chi connectivity index (χ0v) is 15.3. The second kappa shape index (κ2) is 7.89. The van der Waals surface area contributed by atoms with Crippen molar-refractivity contribution in [2.75, 3.05) is 46.9 Å². The average molecular weight is 352 g/mol. The molecule has 0 spiro atoms. The minimum absolute atomic E-state index is 0.300. The molecule has 2 heterocycles. The molecule has 6 heteroatoms. The molecule has 5 nitrogen and oxygen atoms in total. The Kier molecular flexibility index (Phi) is 5.81. The molecule has 140 valence electrons. The van der Waals surface area contributed by atoms with Crippen LogP contribution in [0.25, 0.3) is 0 Å².